The molecule has 1 heterocycles. The summed E-state index contributed by atoms with van der Waals surface area (Å²) in [4.78, 5) is 12.8. The number of aromatic nitrogens is 2. The molecule has 0 N–H and O–H groups in total. The third-order valence-electron chi connectivity index (χ3n) is 2.93. The summed E-state index contributed by atoms with van der Waals surface area (Å²) in [5.41, 5.74) is 0.841. The Hall–Kier alpha value is -2.08. The van der Waals surface area contributed by atoms with E-state index < -0.39 is 0 Å². The number of hydrogen-bond donors (Lipinski definition) is 0. The fourth-order valence-electron chi connectivity index (χ4n) is 2.04. The minimum Gasteiger partial charge on any atom is -0.349 e. The monoisotopic (exact) mass is 321 g/mol. The van der Waals surface area contributed by atoms with E-state index >= 15 is 0 Å². The molecule has 1 aromatic carbocycles. The van der Waals surface area contributed by atoms with Gasteiger partial charge in [0.1, 0.15) is 0 Å². The zero-order chi connectivity index (χ0) is 16.1. The van der Waals surface area contributed by atoms with Gasteiger partial charge in [0.05, 0.1) is 6.54 Å². The van der Waals surface area contributed by atoms with Crippen molar-refractivity contribution in [3.8, 4) is 11.4 Å². The van der Waals surface area contributed by atoms with Crippen LogP contribution in [-0.2, 0) is 6.42 Å². The highest BCUT2D eigenvalue weighted by Crippen LogP contribution is 2.19. The van der Waals surface area contributed by atoms with Gasteiger partial charge in [-0.25, -0.2) is 0 Å². The molecular weight excluding hydrogens is 302 g/mol. The molecule has 0 saturated carbocycles. The summed E-state index contributed by atoms with van der Waals surface area (Å²) in [5, 5.41) is 4.63. The van der Waals surface area contributed by atoms with Gasteiger partial charge in [-0.2, -0.15) is 4.98 Å². The third-order valence-corrected chi connectivity index (χ3v) is 3.16. The maximum Gasteiger partial charge on any atom is 0.228 e. The van der Waals surface area contributed by atoms with E-state index in [9.17, 15) is 0 Å². The van der Waals surface area contributed by atoms with Crippen LogP contribution in [0, 0.1) is 0 Å². The molecule has 0 spiro atoms. The van der Waals surface area contributed by atoms with Gasteiger partial charge in [0, 0.05) is 45.2 Å². The van der Waals surface area contributed by atoms with Crippen LogP contribution in [0.2, 0.25) is 5.02 Å². The number of guanidine groups is 1. The van der Waals surface area contributed by atoms with Crippen LogP contribution in [0.5, 0.6) is 0 Å². The van der Waals surface area contributed by atoms with E-state index in [0.717, 1.165) is 11.5 Å². The molecule has 118 valence electrons. The van der Waals surface area contributed by atoms with Gasteiger partial charge in [-0.3, -0.25) is 4.99 Å². The summed E-state index contributed by atoms with van der Waals surface area (Å²) in [6.07, 6.45) is 0.596. The molecule has 0 bridgehead atoms. The Morgan fingerprint density at radius 1 is 1.23 bits per heavy atom. The number of halogens is 1. The highest BCUT2D eigenvalue weighted by atomic mass is 35.5. The third kappa shape index (κ3) is 4.21. The lowest BCUT2D eigenvalue weighted by molar-refractivity contribution is 0.379. The van der Waals surface area contributed by atoms with Crippen LogP contribution in [-0.4, -0.2) is 60.6 Å². The first kappa shape index (κ1) is 16.3. The Kier molecular flexibility index (Phi) is 5.38. The van der Waals surface area contributed by atoms with Crippen molar-refractivity contribution < 1.29 is 4.52 Å². The van der Waals surface area contributed by atoms with Crippen molar-refractivity contribution in [2.24, 2.45) is 4.99 Å². The Labute approximate surface area is 135 Å². The average molecular weight is 322 g/mol. The molecule has 0 aliphatic carbocycles. The fourth-order valence-corrected chi connectivity index (χ4v) is 2.23. The van der Waals surface area contributed by atoms with Crippen LogP contribution in [0.25, 0.3) is 11.4 Å². The minimum atomic E-state index is 0.543. The van der Waals surface area contributed by atoms with Crippen LogP contribution >= 0.6 is 11.6 Å². The molecule has 0 aliphatic rings. The summed E-state index contributed by atoms with van der Waals surface area (Å²) in [7, 11) is 7.84. The molecule has 2 rings (SSSR count). The minimum absolute atomic E-state index is 0.543. The van der Waals surface area contributed by atoms with E-state index in [1.54, 1.807) is 0 Å². The van der Waals surface area contributed by atoms with E-state index in [0.29, 0.717) is 29.7 Å². The molecule has 7 heteroatoms. The van der Waals surface area contributed by atoms with Crippen molar-refractivity contribution in [1.82, 2.24) is 19.9 Å². The van der Waals surface area contributed by atoms with E-state index in [1.807, 2.05) is 62.3 Å². The van der Waals surface area contributed by atoms with Gasteiger partial charge in [0.2, 0.25) is 11.7 Å². The summed E-state index contributed by atoms with van der Waals surface area (Å²) in [6.45, 7) is 0.586. The Morgan fingerprint density at radius 2 is 1.95 bits per heavy atom. The molecule has 0 unspecified atom stereocenters. The van der Waals surface area contributed by atoms with Gasteiger partial charge in [-0.05, 0) is 12.1 Å². The molecule has 2 aromatic rings. The number of nitrogens with zero attached hydrogens (tertiary/aromatic N) is 5. The van der Waals surface area contributed by atoms with Crippen molar-refractivity contribution in [2.45, 2.75) is 6.42 Å². The molecule has 0 fully saturated rings. The largest absolute Gasteiger partial charge is 0.349 e. The van der Waals surface area contributed by atoms with E-state index in [-0.39, 0.29) is 0 Å². The standard InChI is InChI=1S/C15H20ClN5O/c1-20(2)15(21(3)4)17-9-8-13-18-14(19-22-13)11-6-5-7-12(16)10-11/h5-7,10H,8-9H2,1-4H3. The normalized spacial score (nSPS) is 10.4. The summed E-state index contributed by atoms with van der Waals surface area (Å²) >= 11 is 5.97. The Morgan fingerprint density at radius 3 is 2.59 bits per heavy atom. The van der Waals surface area contributed by atoms with E-state index in [1.165, 1.54) is 0 Å². The van der Waals surface area contributed by atoms with Crippen molar-refractivity contribution in [3.05, 3.63) is 35.2 Å². The highest BCUT2D eigenvalue weighted by molar-refractivity contribution is 6.30. The number of hydrogen-bond acceptors (Lipinski definition) is 4. The van der Waals surface area contributed by atoms with Crippen molar-refractivity contribution in [3.63, 3.8) is 0 Å². The molecule has 0 atom stereocenters. The van der Waals surface area contributed by atoms with Crippen LogP contribution in [0.15, 0.2) is 33.8 Å². The van der Waals surface area contributed by atoms with Gasteiger partial charge in [-0.15, -0.1) is 0 Å². The second kappa shape index (κ2) is 7.26. The summed E-state index contributed by atoms with van der Waals surface area (Å²) in [5.74, 6) is 2.01. The van der Waals surface area contributed by atoms with Crippen LogP contribution in [0.1, 0.15) is 5.89 Å². The second-order valence-electron chi connectivity index (χ2n) is 5.24. The fraction of sp³-hybridized carbons (Fsp3) is 0.400. The van der Waals surface area contributed by atoms with Crippen molar-refractivity contribution in [1.29, 1.82) is 0 Å². The maximum absolute atomic E-state index is 5.97. The first-order chi connectivity index (χ1) is 10.5. The smallest absolute Gasteiger partial charge is 0.228 e. The summed E-state index contributed by atoms with van der Waals surface area (Å²) < 4.78 is 5.26. The zero-order valence-electron chi connectivity index (χ0n) is 13.2. The lowest BCUT2D eigenvalue weighted by Crippen LogP contribution is -2.35. The van der Waals surface area contributed by atoms with Gasteiger partial charge >= 0.3 is 0 Å². The molecular formula is C15H20ClN5O. The molecule has 0 radical (unpaired) electrons. The lowest BCUT2D eigenvalue weighted by Gasteiger charge is -2.22. The Bertz CT molecular complexity index is 641. The van der Waals surface area contributed by atoms with Crippen LogP contribution < -0.4 is 0 Å². The number of rotatable bonds is 4. The number of aliphatic imine (C=N–C) groups is 1. The van der Waals surface area contributed by atoms with E-state index in [4.69, 9.17) is 16.1 Å². The van der Waals surface area contributed by atoms with Gasteiger partial charge in [0.15, 0.2) is 5.96 Å². The molecule has 0 aliphatic heterocycles. The van der Waals surface area contributed by atoms with Crippen molar-refractivity contribution in [2.75, 3.05) is 34.7 Å². The molecule has 22 heavy (non-hydrogen) atoms. The van der Waals surface area contributed by atoms with Gasteiger partial charge in [-0.1, -0.05) is 28.9 Å². The second-order valence-corrected chi connectivity index (χ2v) is 5.68. The average Bonchev–Trinajstić information content (AvgIpc) is 2.91. The SMILES string of the molecule is CN(C)C(=NCCc1nc(-c2cccc(Cl)c2)no1)N(C)C. The van der Waals surface area contributed by atoms with Gasteiger partial charge < -0.3 is 14.3 Å². The quantitative estimate of drug-likeness (QED) is 0.639. The predicted molar refractivity (Wildman–Crippen MR) is 88.1 cm³/mol. The topological polar surface area (TPSA) is 57.8 Å². The van der Waals surface area contributed by atoms with Crippen LogP contribution in [0.3, 0.4) is 0 Å². The number of benzene rings is 1. The van der Waals surface area contributed by atoms with Crippen LogP contribution in [0.4, 0.5) is 0 Å². The van der Waals surface area contributed by atoms with Crippen molar-refractivity contribution >= 4 is 17.6 Å². The van der Waals surface area contributed by atoms with E-state index in [2.05, 4.69) is 15.1 Å². The Balaban J connectivity index is 2.02. The molecule has 0 saturated heterocycles. The highest BCUT2D eigenvalue weighted by Gasteiger charge is 2.09. The maximum atomic E-state index is 5.97. The van der Waals surface area contributed by atoms with Gasteiger partial charge in [0.25, 0.3) is 0 Å². The predicted octanol–water partition coefficient (Wildman–Crippen LogP) is 2.41. The molecule has 1 aromatic heterocycles. The summed E-state index contributed by atoms with van der Waals surface area (Å²) in [6, 6.07) is 7.38. The lowest BCUT2D eigenvalue weighted by atomic mass is 10.2. The first-order valence-electron chi connectivity index (χ1n) is 6.95. The zero-order valence-corrected chi connectivity index (χ0v) is 14.0. The molecule has 0 amide bonds. The molecule has 6 nitrogen and oxygen atoms in total. The first-order valence-corrected chi connectivity index (χ1v) is 7.33.